The van der Waals surface area contributed by atoms with Crippen LogP contribution in [0.2, 0.25) is 0 Å². The van der Waals surface area contributed by atoms with Crippen molar-refractivity contribution in [1.82, 2.24) is 29.4 Å². The molecule has 1 aliphatic carbocycles. The Bertz CT molecular complexity index is 2290. The second kappa shape index (κ2) is 13.7. The summed E-state index contributed by atoms with van der Waals surface area (Å²) in [5.74, 6) is -3.60. The van der Waals surface area contributed by atoms with Gasteiger partial charge in [0.05, 0.1) is 28.8 Å². The Labute approximate surface area is 305 Å². The number of anilines is 2. The molecule has 1 unspecified atom stereocenters. The number of aryl methyl sites for hydroxylation is 1. The van der Waals surface area contributed by atoms with Crippen LogP contribution in [0.15, 0.2) is 61.1 Å². The number of ether oxygens (including phenoxy) is 1. The van der Waals surface area contributed by atoms with E-state index in [9.17, 15) is 26.4 Å². The topological polar surface area (TPSA) is 150 Å². The van der Waals surface area contributed by atoms with Crippen molar-refractivity contribution in [2.45, 2.75) is 76.3 Å². The summed E-state index contributed by atoms with van der Waals surface area (Å²) in [4.78, 5) is 19.7. The number of piperidine rings is 1. The number of nitrogens with two attached hydrogens (primary N) is 1. The van der Waals surface area contributed by atoms with Crippen LogP contribution in [-0.4, -0.2) is 61.6 Å². The van der Waals surface area contributed by atoms with Crippen molar-refractivity contribution in [3.05, 3.63) is 72.4 Å². The normalized spacial score (nSPS) is 18.3. The van der Waals surface area contributed by atoms with Gasteiger partial charge in [-0.3, -0.25) is 18.9 Å². The van der Waals surface area contributed by atoms with Crippen molar-refractivity contribution >= 4 is 38.3 Å². The van der Waals surface area contributed by atoms with Crippen molar-refractivity contribution in [2.24, 2.45) is 13.0 Å². The first-order chi connectivity index (χ1) is 25.1. The van der Waals surface area contributed by atoms with Crippen LogP contribution in [0.5, 0.6) is 5.75 Å². The summed E-state index contributed by atoms with van der Waals surface area (Å²) in [6, 6.07) is 9.93. The van der Waals surface area contributed by atoms with Crippen molar-refractivity contribution < 1.29 is 31.1 Å². The molecule has 1 amide bonds. The maximum absolute atomic E-state index is 13.6. The number of carbonyl (C=O) groups is 1. The third kappa shape index (κ3) is 6.91. The van der Waals surface area contributed by atoms with E-state index in [2.05, 4.69) is 18.8 Å². The number of rotatable bonds is 10. The molecule has 0 bridgehead atoms. The quantitative estimate of drug-likeness (QED) is 0.154. The van der Waals surface area contributed by atoms with Gasteiger partial charge in [-0.2, -0.15) is 19.0 Å². The van der Waals surface area contributed by atoms with Gasteiger partial charge in [0.1, 0.15) is 29.2 Å². The Balaban J connectivity index is 1.22. The number of nitrogen functional groups attached to an aromatic ring is 1. The molecule has 280 valence electrons. The molecule has 0 spiro atoms. The molecule has 2 aromatic carbocycles. The highest BCUT2D eigenvalue weighted by atomic mass is 32.2. The molecule has 4 heterocycles. The van der Waals surface area contributed by atoms with Gasteiger partial charge in [0.2, 0.25) is 5.91 Å². The second-order valence-electron chi connectivity index (χ2n) is 14.5. The Hall–Kier alpha value is -5.12. The van der Waals surface area contributed by atoms with Crippen LogP contribution in [0.1, 0.15) is 70.6 Å². The number of likely N-dealkylation sites (tertiary alicyclic amines) is 1. The van der Waals surface area contributed by atoms with Crippen LogP contribution in [0.4, 0.5) is 24.7 Å². The number of aromatic nitrogens is 5. The monoisotopic (exact) mass is 750 g/mol. The number of pyridine rings is 1. The van der Waals surface area contributed by atoms with Crippen LogP contribution in [0.25, 0.3) is 33.3 Å². The van der Waals surface area contributed by atoms with Gasteiger partial charge in [-0.25, -0.2) is 17.8 Å². The van der Waals surface area contributed by atoms with E-state index in [1.807, 2.05) is 20.5 Å². The lowest BCUT2D eigenvalue weighted by Gasteiger charge is -2.47. The van der Waals surface area contributed by atoms with E-state index in [1.165, 1.54) is 42.5 Å². The molecule has 5 aromatic rings. The fourth-order valence-electron chi connectivity index (χ4n) is 7.35. The second-order valence-corrected chi connectivity index (χ2v) is 16.1. The van der Waals surface area contributed by atoms with Crippen molar-refractivity contribution in [3.8, 4) is 28.1 Å². The number of halogens is 3. The fourth-order valence-corrected chi connectivity index (χ4v) is 7.91. The average Bonchev–Trinajstić information content (AvgIpc) is 3.70. The minimum Gasteiger partial charge on any atom is -0.484 e. The lowest BCUT2D eigenvalue weighted by molar-refractivity contribution is -0.146. The molecule has 7 rings (SSSR count). The summed E-state index contributed by atoms with van der Waals surface area (Å²) < 4.78 is 76.4. The Morgan fingerprint density at radius 2 is 1.81 bits per heavy atom. The van der Waals surface area contributed by atoms with Crippen molar-refractivity contribution in [1.29, 1.82) is 0 Å². The van der Waals surface area contributed by atoms with Gasteiger partial charge in [-0.05, 0) is 76.3 Å². The number of carbonyl (C=O) groups excluding carboxylic acids is 1. The van der Waals surface area contributed by atoms with Gasteiger partial charge in [0, 0.05) is 54.1 Å². The average molecular weight is 751 g/mol. The summed E-state index contributed by atoms with van der Waals surface area (Å²) in [7, 11) is -3.28. The van der Waals surface area contributed by atoms with Gasteiger partial charge in [0.15, 0.2) is 0 Å². The number of fused-ring (bicyclic) bond motifs is 1. The lowest BCUT2D eigenvalue weighted by Crippen LogP contribution is -2.55. The summed E-state index contributed by atoms with van der Waals surface area (Å²) in [6.45, 7) is 6.56. The van der Waals surface area contributed by atoms with Crippen molar-refractivity contribution in [2.75, 3.05) is 17.0 Å². The van der Waals surface area contributed by atoms with Gasteiger partial charge < -0.3 is 15.4 Å². The minimum absolute atomic E-state index is 0.0605. The number of nitrogens with one attached hydrogen (secondary N) is 1. The number of hydrogen-bond acceptors (Lipinski definition) is 8. The number of sulfonamides is 1. The largest absolute Gasteiger partial charge is 0.484 e. The molecule has 3 N–H and O–H groups in total. The smallest absolute Gasteiger partial charge is 0.355 e. The SMILES string of the molecule is C[C@H](Oc1cc(-c2nn(C)c3c(-c4cnn(C5CCN(C(=O)C6CCC6)C(C)(C)C5)c4)cnc(N)c23)ccc1NS(=O)(=O)C(F)F)c1ccc(F)cc1. The molecule has 2 atom stereocenters. The van der Waals surface area contributed by atoms with Gasteiger partial charge >= 0.3 is 5.76 Å². The third-order valence-electron chi connectivity index (χ3n) is 10.4. The predicted molar refractivity (Wildman–Crippen MR) is 195 cm³/mol. The van der Waals surface area contributed by atoms with E-state index in [1.54, 1.807) is 31.0 Å². The number of benzene rings is 2. The van der Waals surface area contributed by atoms with Gasteiger partial charge in [0.25, 0.3) is 10.0 Å². The van der Waals surface area contributed by atoms with Crippen LogP contribution in [-0.2, 0) is 21.9 Å². The first kappa shape index (κ1) is 36.2. The third-order valence-corrected chi connectivity index (χ3v) is 11.4. The van der Waals surface area contributed by atoms with Gasteiger partial charge in [-0.15, -0.1) is 0 Å². The van der Waals surface area contributed by atoms with E-state index in [-0.39, 0.29) is 40.7 Å². The lowest BCUT2D eigenvalue weighted by atomic mass is 9.80. The van der Waals surface area contributed by atoms with E-state index in [0.29, 0.717) is 34.3 Å². The number of hydrogen-bond donors (Lipinski definition) is 2. The summed E-state index contributed by atoms with van der Waals surface area (Å²) in [5, 5.41) is 10.0. The van der Waals surface area contributed by atoms with Crippen LogP contribution >= 0.6 is 0 Å². The molecule has 1 saturated heterocycles. The van der Waals surface area contributed by atoms with E-state index < -0.39 is 27.7 Å². The minimum atomic E-state index is -5.04. The van der Waals surface area contributed by atoms with E-state index >= 15 is 0 Å². The van der Waals surface area contributed by atoms with Crippen LogP contribution in [0.3, 0.4) is 0 Å². The zero-order valence-electron chi connectivity index (χ0n) is 29.8. The molecule has 12 nitrogen and oxygen atoms in total. The molecule has 16 heteroatoms. The maximum Gasteiger partial charge on any atom is 0.355 e. The fraction of sp³-hybridized carbons (Fsp3) is 0.405. The number of alkyl halides is 2. The highest BCUT2D eigenvalue weighted by Gasteiger charge is 2.42. The first-order valence-electron chi connectivity index (χ1n) is 17.5. The molecule has 1 saturated carbocycles. The zero-order valence-corrected chi connectivity index (χ0v) is 30.6. The Morgan fingerprint density at radius 1 is 1.08 bits per heavy atom. The molecule has 0 radical (unpaired) electrons. The first-order valence-corrected chi connectivity index (χ1v) is 19.0. The molecular weight excluding hydrogens is 710 g/mol. The van der Waals surface area contributed by atoms with Crippen LogP contribution in [0, 0.1) is 11.7 Å². The molecule has 3 aromatic heterocycles. The standard InChI is InChI=1S/C37H41F3N8O4S/c1-21(22-8-11-26(38)12-9-22)52-30-16-24(10-13-29(30)45-53(50,51)36(39)40)32-31-33(46(4)44-32)28(19-42-34(31)41)25-18-43-48(20-25)27-14-15-47(37(2,3)17-27)35(49)23-6-5-7-23/h8-13,16,18-21,23,27,36,45H,5-7,14-15,17H2,1-4H3,(H2,41,42)/t21-,27?/m0/s1. The number of nitrogens with zero attached hydrogens (tertiary/aromatic N) is 6. The molecular formula is C37H41F3N8O4S. The zero-order chi connectivity index (χ0) is 37.8. The van der Waals surface area contributed by atoms with Crippen molar-refractivity contribution in [3.63, 3.8) is 0 Å². The van der Waals surface area contributed by atoms with E-state index in [0.717, 1.165) is 43.2 Å². The highest BCUT2D eigenvalue weighted by molar-refractivity contribution is 7.93. The van der Waals surface area contributed by atoms with Gasteiger partial charge in [-0.1, -0.05) is 24.6 Å². The molecule has 2 aliphatic rings. The molecule has 53 heavy (non-hydrogen) atoms. The summed E-state index contributed by atoms with van der Waals surface area (Å²) in [6.07, 6.45) is 9.26. The predicted octanol–water partition coefficient (Wildman–Crippen LogP) is 7.07. The maximum atomic E-state index is 13.6. The van der Waals surface area contributed by atoms with Crippen LogP contribution < -0.4 is 15.2 Å². The highest BCUT2D eigenvalue weighted by Crippen LogP contribution is 2.42. The van der Waals surface area contributed by atoms with E-state index in [4.69, 9.17) is 20.7 Å². The summed E-state index contributed by atoms with van der Waals surface area (Å²) in [5.41, 5.74) is 9.53. The molecule has 1 aliphatic heterocycles. The Kier molecular flexibility index (Phi) is 9.37. The summed E-state index contributed by atoms with van der Waals surface area (Å²) >= 11 is 0. The number of amides is 1. The molecule has 2 fully saturated rings. The Morgan fingerprint density at radius 3 is 2.47 bits per heavy atom.